The second-order valence-electron chi connectivity index (χ2n) is 7.38. The summed E-state index contributed by atoms with van der Waals surface area (Å²) in [6.07, 6.45) is 2.27. The minimum Gasteiger partial charge on any atom is -0.492 e. The Kier molecular flexibility index (Phi) is 6.98. The van der Waals surface area contributed by atoms with Crippen molar-refractivity contribution >= 4 is 23.6 Å². The molecule has 166 valence electrons. The van der Waals surface area contributed by atoms with Crippen LogP contribution in [0.15, 0.2) is 24.3 Å². The number of carbonyl (C=O) groups excluding carboxylic acids is 1. The van der Waals surface area contributed by atoms with Crippen LogP contribution in [0.5, 0.6) is 5.75 Å². The fourth-order valence-corrected chi connectivity index (χ4v) is 3.61. The molecule has 0 aliphatic carbocycles. The number of carbonyl (C=O) groups is 1. The molecule has 2 fully saturated rings. The Morgan fingerprint density at radius 2 is 1.71 bits per heavy atom. The predicted molar refractivity (Wildman–Crippen MR) is 118 cm³/mol. The largest absolute Gasteiger partial charge is 0.492 e. The van der Waals surface area contributed by atoms with E-state index in [4.69, 9.17) is 14.5 Å². The Hall–Kier alpha value is -3.14. The van der Waals surface area contributed by atoms with E-state index in [2.05, 4.69) is 30.4 Å². The van der Waals surface area contributed by atoms with Gasteiger partial charge in [0.15, 0.2) is 5.82 Å². The summed E-state index contributed by atoms with van der Waals surface area (Å²) < 4.78 is 11.0. The van der Waals surface area contributed by atoms with E-state index in [1.54, 1.807) is 6.07 Å². The number of anilines is 3. The lowest BCUT2D eigenvalue weighted by Gasteiger charge is -2.28. The van der Waals surface area contributed by atoms with Crippen LogP contribution in [-0.4, -0.2) is 67.0 Å². The molecular weight excluding hydrogens is 398 g/mol. The van der Waals surface area contributed by atoms with Gasteiger partial charge in [0, 0.05) is 26.2 Å². The molecule has 10 nitrogen and oxygen atoms in total. The monoisotopic (exact) mass is 427 g/mol. The molecule has 31 heavy (non-hydrogen) atoms. The van der Waals surface area contributed by atoms with Crippen molar-refractivity contribution in [3.63, 3.8) is 0 Å². The van der Waals surface area contributed by atoms with E-state index in [1.165, 1.54) is 0 Å². The van der Waals surface area contributed by atoms with Gasteiger partial charge in [0.05, 0.1) is 32.1 Å². The van der Waals surface area contributed by atoms with Gasteiger partial charge in [0.25, 0.3) is 0 Å². The number of morpholine rings is 1. The van der Waals surface area contributed by atoms with Gasteiger partial charge in [-0.1, -0.05) is 12.1 Å². The van der Waals surface area contributed by atoms with Crippen LogP contribution in [0.4, 0.5) is 22.4 Å². The summed E-state index contributed by atoms with van der Waals surface area (Å²) in [5, 5.41) is 5.67. The normalized spacial score (nSPS) is 16.3. The minimum atomic E-state index is -0.344. The molecule has 2 N–H and O–H groups in total. The minimum absolute atomic E-state index is 0.198. The molecule has 4 rings (SSSR count). The molecule has 2 aromatic rings. The number of para-hydroxylation sites is 2. The zero-order valence-electron chi connectivity index (χ0n) is 17.8. The third kappa shape index (κ3) is 5.52. The second kappa shape index (κ2) is 10.3. The zero-order valence-corrected chi connectivity index (χ0v) is 17.8. The molecule has 2 aliphatic rings. The van der Waals surface area contributed by atoms with Gasteiger partial charge in [-0.15, -0.1) is 0 Å². The molecule has 0 bridgehead atoms. The number of urea groups is 1. The quantitative estimate of drug-likeness (QED) is 0.692. The van der Waals surface area contributed by atoms with Crippen molar-refractivity contribution in [1.82, 2.24) is 20.3 Å². The van der Waals surface area contributed by atoms with Crippen LogP contribution in [0.2, 0.25) is 0 Å². The summed E-state index contributed by atoms with van der Waals surface area (Å²) in [4.78, 5) is 30.7. The van der Waals surface area contributed by atoms with Gasteiger partial charge in [-0.05, 0) is 31.9 Å². The Morgan fingerprint density at radius 1 is 1.03 bits per heavy atom. The molecule has 0 atom stereocenters. The van der Waals surface area contributed by atoms with Crippen LogP contribution < -0.4 is 25.2 Å². The predicted octanol–water partition coefficient (Wildman–Crippen LogP) is 2.03. The molecule has 2 aliphatic heterocycles. The lowest BCUT2D eigenvalue weighted by atomic mass is 10.3. The Labute approximate surface area is 182 Å². The summed E-state index contributed by atoms with van der Waals surface area (Å²) in [6, 6.07) is 6.99. The van der Waals surface area contributed by atoms with Crippen molar-refractivity contribution in [3.8, 4) is 5.75 Å². The average molecular weight is 428 g/mol. The van der Waals surface area contributed by atoms with E-state index in [0.717, 1.165) is 39.0 Å². The molecule has 1 aromatic heterocycles. The number of hydrogen-bond acceptors (Lipinski definition) is 8. The zero-order chi connectivity index (χ0) is 21.5. The number of hydrogen-bond donors (Lipinski definition) is 2. The molecule has 10 heteroatoms. The van der Waals surface area contributed by atoms with Crippen molar-refractivity contribution in [2.45, 2.75) is 26.3 Å². The van der Waals surface area contributed by atoms with E-state index in [-0.39, 0.29) is 12.6 Å². The maximum atomic E-state index is 12.5. The number of benzene rings is 1. The highest BCUT2D eigenvalue weighted by Crippen LogP contribution is 2.23. The first-order valence-corrected chi connectivity index (χ1v) is 10.8. The Morgan fingerprint density at radius 3 is 2.42 bits per heavy atom. The van der Waals surface area contributed by atoms with Gasteiger partial charge in [-0.3, -0.25) is 0 Å². The molecular formula is C21H29N7O3. The van der Waals surface area contributed by atoms with Crippen LogP contribution in [-0.2, 0) is 11.3 Å². The van der Waals surface area contributed by atoms with E-state index < -0.39 is 0 Å². The number of nitrogens with zero attached hydrogens (tertiary/aromatic N) is 5. The summed E-state index contributed by atoms with van der Waals surface area (Å²) in [5.74, 6) is 2.48. The van der Waals surface area contributed by atoms with Crippen molar-refractivity contribution in [2.24, 2.45) is 0 Å². The second-order valence-corrected chi connectivity index (χ2v) is 7.38. The van der Waals surface area contributed by atoms with E-state index in [0.29, 0.717) is 49.0 Å². The molecule has 3 heterocycles. The van der Waals surface area contributed by atoms with Crippen LogP contribution in [0.3, 0.4) is 0 Å². The topological polar surface area (TPSA) is 105 Å². The van der Waals surface area contributed by atoms with E-state index >= 15 is 0 Å². The van der Waals surface area contributed by atoms with Crippen LogP contribution >= 0.6 is 0 Å². The number of aromatic nitrogens is 3. The number of nitrogens with one attached hydrogen (secondary N) is 2. The summed E-state index contributed by atoms with van der Waals surface area (Å²) >= 11 is 0. The Balaban J connectivity index is 1.45. The summed E-state index contributed by atoms with van der Waals surface area (Å²) in [7, 11) is 0. The molecule has 0 radical (unpaired) electrons. The third-order valence-electron chi connectivity index (χ3n) is 5.18. The number of ether oxygens (including phenoxy) is 2. The van der Waals surface area contributed by atoms with Crippen molar-refractivity contribution in [1.29, 1.82) is 0 Å². The van der Waals surface area contributed by atoms with Gasteiger partial charge < -0.3 is 29.9 Å². The lowest BCUT2D eigenvalue weighted by Crippen LogP contribution is -2.38. The van der Waals surface area contributed by atoms with Crippen LogP contribution in [0.1, 0.15) is 25.6 Å². The van der Waals surface area contributed by atoms with Gasteiger partial charge in [-0.2, -0.15) is 15.0 Å². The van der Waals surface area contributed by atoms with Crippen molar-refractivity contribution in [2.75, 3.05) is 61.1 Å². The Bertz CT molecular complexity index is 883. The standard InChI is InChI=1S/C21H29N7O3/c1-2-31-17-8-4-3-7-16(17)23-21(29)22-15-18-24-19(27-9-5-6-10-27)26-20(25-18)28-11-13-30-14-12-28/h3-4,7-8H,2,5-6,9-15H2,1H3,(H2,22,23,29). The summed E-state index contributed by atoms with van der Waals surface area (Å²) in [6.45, 7) is 7.29. The SMILES string of the molecule is CCOc1ccccc1NC(=O)NCc1nc(N2CCCC2)nc(N2CCOCC2)n1. The molecule has 0 spiro atoms. The molecule has 2 amide bonds. The smallest absolute Gasteiger partial charge is 0.319 e. The van der Waals surface area contributed by atoms with E-state index in [9.17, 15) is 4.79 Å². The van der Waals surface area contributed by atoms with Gasteiger partial charge in [0.1, 0.15) is 5.75 Å². The van der Waals surface area contributed by atoms with Gasteiger partial charge in [0.2, 0.25) is 11.9 Å². The third-order valence-corrected chi connectivity index (χ3v) is 5.18. The first-order valence-electron chi connectivity index (χ1n) is 10.8. The first kappa shape index (κ1) is 21.1. The number of amides is 2. The molecule has 1 aromatic carbocycles. The van der Waals surface area contributed by atoms with Crippen LogP contribution in [0.25, 0.3) is 0 Å². The highest BCUT2D eigenvalue weighted by Gasteiger charge is 2.21. The fraction of sp³-hybridized carbons (Fsp3) is 0.524. The van der Waals surface area contributed by atoms with Crippen LogP contribution in [0, 0.1) is 0 Å². The maximum Gasteiger partial charge on any atom is 0.319 e. The highest BCUT2D eigenvalue weighted by atomic mass is 16.5. The fourth-order valence-electron chi connectivity index (χ4n) is 3.61. The van der Waals surface area contributed by atoms with E-state index in [1.807, 2.05) is 25.1 Å². The molecule has 2 saturated heterocycles. The summed E-state index contributed by atoms with van der Waals surface area (Å²) in [5.41, 5.74) is 0.615. The highest BCUT2D eigenvalue weighted by molar-refractivity contribution is 5.90. The number of rotatable bonds is 7. The lowest BCUT2D eigenvalue weighted by molar-refractivity contribution is 0.122. The van der Waals surface area contributed by atoms with Crippen molar-refractivity contribution < 1.29 is 14.3 Å². The first-order chi connectivity index (χ1) is 15.2. The van der Waals surface area contributed by atoms with Gasteiger partial charge >= 0.3 is 6.03 Å². The molecule has 0 unspecified atom stereocenters. The molecule has 0 saturated carbocycles. The maximum absolute atomic E-state index is 12.5. The van der Waals surface area contributed by atoms with Gasteiger partial charge in [-0.25, -0.2) is 4.79 Å². The average Bonchev–Trinajstić information content (AvgIpc) is 3.35. The van der Waals surface area contributed by atoms with Crippen molar-refractivity contribution in [3.05, 3.63) is 30.1 Å².